The van der Waals surface area contributed by atoms with Gasteiger partial charge in [-0.05, 0) is 19.1 Å². The van der Waals surface area contributed by atoms with Gasteiger partial charge in [0.15, 0.2) is 0 Å². The summed E-state index contributed by atoms with van der Waals surface area (Å²) in [6, 6.07) is 5.46. The molecule has 13 heavy (non-hydrogen) atoms. The quantitative estimate of drug-likeness (QED) is 0.624. The second-order valence-electron chi connectivity index (χ2n) is 3.22. The van der Waals surface area contributed by atoms with Gasteiger partial charge in [0, 0.05) is 12.7 Å². The number of hydrogen-bond donors (Lipinski definition) is 3. The predicted octanol–water partition coefficient (Wildman–Crippen LogP) is 0.237. The van der Waals surface area contributed by atoms with Crippen molar-refractivity contribution < 1.29 is 10.2 Å². The molecule has 1 aromatic heterocycles. The highest BCUT2D eigenvalue weighted by Gasteiger charge is 2.18. The first-order chi connectivity index (χ1) is 6.14. The van der Waals surface area contributed by atoms with Crippen molar-refractivity contribution in [3.05, 3.63) is 24.4 Å². The monoisotopic (exact) mass is 182 g/mol. The van der Waals surface area contributed by atoms with E-state index in [0.29, 0.717) is 5.82 Å². The summed E-state index contributed by atoms with van der Waals surface area (Å²) >= 11 is 0. The molecule has 1 rings (SSSR count). The summed E-state index contributed by atoms with van der Waals surface area (Å²) in [4.78, 5) is 4.01. The average Bonchev–Trinajstić information content (AvgIpc) is 2.17. The Balaban J connectivity index is 2.44. The summed E-state index contributed by atoms with van der Waals surface area (Å²) < 4.78 is 0. The van der Waals surface area contributed by atoms with Crippen molar-refractivity contribution in [2.45, 2.75) is 12.5 Å². The lowest BCUT2D eigenvalue weighted by Gasteiger charge is -2.20. The zero-order valence-electron chi connectivity index (χ0n) is 7.57. The smallest absolute Gasteiger partial charge is 0.125 e. The molecule has 0 saturated carbocycles. The van der Waals surface area contributed by atoms with Crippen LogP contribution < -0.4 is 5.32 Å². The highest BCUT2D eigenvalue weighted by molar-refractivity contribution is 5.33. The molecule has 0 spiro atoms. The van der Waals surface area contributed by atoms with Crippen LogP contribution in [0.25, 0.3) is 0 Å². The first-order valence-corrected chi connectivity index (χ1v) is 4.12. The van der Waals surface area contributed by atoms with Crippen LogP contribution in [0.3, 0.4) is 0 Å². The molecule has 0 aliphatic heterocycles. The maximum atomic E-state index is 9.44. The van der Waals surface area contributed by atoms with E-state index in [1.807, 2.05) is 12.1 Å². The molecular weight excluding hydrogens is 168 g/mol. The largest absolute Gasteiger partial charge is 0.393 e. The maximum absolute atomic E-state index is 9.44. The lowest BCUT2D eigenvalue weighted by Crippen LogP contribution is -2.37. The molecule has 0 aliphatic rings. The number of rotatable bonds is 4. The molecule has 1 unspecified atom stereocenters. The molecule has 1 atom stereocenters. The molecule has 0 aromatic carbocycles. The van der Waals surface area contributed by atoms with Crippen LogP contribution in [0.4, 0.5) is 5.82 Å². The van der Waals surface area contributed by atoms with Gasteiger partial charge in [0.05, 0.1) is 6.61 Å². The summed E-state index contributed by atoms with van der Waals surface area (Å²) in [6.07, 6.45) is 1.66. The Morgan fingerprint density at radius 1 is 1.54 bits per heavy atom. The summed E-state index contributed by atoms with van der Waals surface area (Å²) in [7, 11) is 0. The molecule has 1 aromatic rings. The number of hydrogen-bond acceptors (Lipinski definition) is 4. The van der Waals surface area contributed by atoms with E-state index in [2.05, 4.69) is 10.3 Å². The Kier molecular flexibility index (Phi) is 3.22. The molecule has 0 radical (unpaired) electrons. The molecule has 0 aliphatic carbocycles. The fourth-order valence-corrected chi connectivity index (χ4v) is 0.804. The zero-order valence-corrected chi connectivity index (χ0v) is 7.57. The Labute approximate surface area is 77.2 Å². The van der Waals surface area contributed by atoms with E-state index >= 15 is 0 Å². The van der Waals surface area contributed by atoms with Crippen LogP contribution in [0, 0.1) is 0 Å². The fraction of sp³-hybridized carbons (Fsp3) is 0.444. The predicted molar refractivity (Wildman–Crippen MR) is 50.4 cm³/mol. The Bertz CT molecular complexity index is 249. The van der Waals surface area contributed by atoms with Gasteiger partial charge in [0.25, 0.3) is 0 Å². The SMILES string of the molecule is CC(O)(CO)CNc1ccccn1. The number of aliphatic hydroxyl groups excluding tert-OH is 1. The van der Waals surface area contributed by atoms with E-state index < -0.39 is 5.60 Å². The third kappa shape index (κ3) is 3.40. The second-order valence-corrected chi connectivity index (χ2v) is 3.22. The normalized spacial score (nSPS) is 15.0. The molecular formula is C9H14N2O2. The van der Waals surface area contributed by atoms with Crippen molar-refractivity contribution in [1.82, 2.24) is 4.98 Å². The summed E-state index contributed by atoms with van der Waals surface area (Å²) in [5.41, 5.74) is -1.10. The third-order valence-electron chi connectivity index (χ3n) is 1.66. The van der Waals surface area contributed by atoms with Crippen molar-refractivity contribution in [1.29, 1.82) is 0 Å². The standard InChI is InChI=1S/C9H14N2O2/c1-9(13,7-12)6-11-8-4-2-3-5-10-8/h2-5,12-13H,6-7H2,1H3,(H,10,11). The number of nitrogens with zero attached hydrogens (tertiary/aromatic N) is 1. The van der Waals surface area contributed by atoms with Crippen LogP contribution >= 0.6 is 0 Å². The summed E-state index contributed by atoms with van der Waals surface area (Å²) in [5.74, 6) is 0.691. The summed E-state index contributed by atoms with van der Waals surface area (Å²) in [5, 5.41) is 21.1. The minimum absolute atomic E-state index is 0.271. The van der Waals surface area contributed by atoms with Crippen LogP contribution in [0.1, 0.15) is 6.92 Å². The van der Waals surface area contributed by atoms with Gasteiger partial charge in [-0.1, -0.05) is 6.07 Å². The van der Waals surface area contributed by atoms with E-state index in [-0.39, 0.29) is 13.2 Å². The molecule has 0 fully saturated rings. The van der Waals surface area contributed by atoms with Gasteiger partial charge in [-0.3, -0.25) is 0 Å². The van der Waals surface area contributed by atoms with Crippen molar-refractivity contribution in [2.75, 3.05) is 18.5 Å². The molecule has 0 bridgehead atoms. The van der Waals surface area contributed by atoms with Gasteiger partial charge in [0.2, 0.25) is 0 Å². The zero-order chi connectivity index (χ0) is 9.73. The third-order valence-corrected chi connectivity index (χ3v) is 1.66. The van der Waals surface area contributed by atoms with Gasteiger partial charge in [-0.25, -0.2) is 4.98 Å². The van der Waals surface area contributed by atoms with Crippen LogP contribution in [0.15, 0.2) is 24.4 Å². The van der Waals surface area contributed by atoms with Gasteiger partial charge in [-0.15, -0.1) is 0 Å². The summed E-state index contributed by atoms with van der Waals surface area (Å²) in [6.45, 7) is 1.57. The molecule has 4 nitrogen and oxygen atoms in total. The molecule has 72 valence electrons. The van der Waals surface area contributed by atoms with Crippen molar-refractivity contribution >= 4 is 5.82 Å². The lowest BCUT2D eigenvalue weighted by molar-refractivity contribution is 0.0132. The highest BCUT2D eigenvalue weighted by atomic mass is 16.3. The maximum Gasteiger partial charge on any atom is 0.125 e. The minimum Gasteiger partial charge on any atom is -0.393 e. The van der Waals surface area contributed by atoms with Crippen LogP contribution in [-0.2, 0) is 0 Å². The Morgan fingerprint density at radius 3 is 2.85 bits per heavy atom. The van der Waals surface area contributed by atoms with Crippen LogP contribution in [-0.4, -0.2) is 33.9 Å². The minimum atomic E-state index is -1.10. The first kappa shape index (κ1) is 9.95. The number of aliphatic hydroxyl groups is 2. The van der Waals surface area contributed by atoms with Gasteiger partial charge in [-0.2, -0.15) is 0 Å². The van der Waals surface area contributed by atoms with Crippen LogP contribution in [0.5, 0.6) is 0 Å². The van der Waals surface area contributed by atoms with Crippen molar-refractivity contribution in [2.24, 2.45) is 0 Å². The number of pyridine rings is 1. The molecule has 1 heterocycles. The number of nitrogens with one attached hydrogen (secondary N) is 1. The van der Waals surface area contributed by atoms with Crippen molar-refractivity contribution in [3.63, 3.8) is 0 Å². The number of anilines is 1. The van der Waals surface area contributed by atoms with E-state index in [9.17, 15) is 5.11 Å². The molecule has 4 heteroatoms. The van der Waals surface area contributed by atoms with E-state index in [1.165, 1.54) is 0 Å². The topological polar surface area (TPSA) is 65.4 Å². The molecule has 3 N–H and O–H groups in total. The van der Waals surface area contributed by atoms with E-state index in [1.54, 1.807) is 19.2 Å². The van der Waals surface area contributed by atoms with Crippen LogP contribution in [0.2, 0.25) is 0 Å². The number of aromatic nitrogens is 1. The Morgan fingerprint density at radius 2 is 2.31 bits per heavy atom. The van der Waals surface area contributed by atoms with E-state index in [0.717, 1.165) is 0 Å². The lowest BCUT2D eigenvalue weighted by atomic mass is 10.1. The average molecular weight is 182 g/mol. The van der Waals surface area contributed by atoms with Gasteiger partial charge < -0.3 is 15.5 Å². The molecule has 0 saturated heterocycles. The highest BCUT2D eigenvalue weighted by Crippen LogP contribution is 2.05. The molecule has 0 amide bonds. The fourth-order valence-electron chi connectivity index (χ4n) is 0.804. The van der Waals surface area contributed by atoms with Crippen molar-refractivity contribution in [3.8, 4) is 0 Å². The second kappa shape index (κ2) is 4.20. The van der Waals surface area contributed by atoms with Gasteiger partial charge in [0.1, 0.15) is 11.4 Å². The first-order valence-electron chi connectivity index (χ1n) is 4.12. The van der Waals surface area contributed by atoms with Gasteiger partial charge >= 0.3 is 0 Å². The van der Waals surface area contributed by atoms with E-state index in [4.69, 9.17) is 5.11 Å². The Hall–Kier alpha value is -1.13.